The molecular weight excluding hydrogens is 322 g/mol. The van der Waals surface area contributed by atoms with Crippen LogP contribution in [0.3, 0.4) is 0 Å². The van der Waals surface area contributed by atoms with Gasteiger partial charge in [-0.2, -0.15) is 0 Å². The van der Waals surface area contributed by atoms with Crippen LogP contribution in [-0.4, -0.2) is 40.9 Å². The Morgan fingerprint density at radius 3 is 2.68 bits per heavy atom. The maximum Gasteiger partial charge on any atom is 0.252 e. The molecule has 3 heterocycles. The summed E-state index contributed by atoms with van der Waals surface area (Å²) in [6, 6.07) is 0.503. The summed E-state index contributed by atoms with van der Waals surface area (Å²) >= 11 is 0. The lowest BCUT2D eigenvalue weighted by Crippen LogP contribution is -2.43. The van der Waals surface area contributed by atoms with Crippen molar-refractivity contribution in [2.24, 2.45) is 5.92 Å². The lowest BCUT2D eigenvalue weighted by atomic mass is 10.00. The van der Waals surface area contributed by atoms with Crippen LogP contribution in [0.15, 0.2) is 10.9 Å². The van der Waals surface area contributed by atoms with Crippen molar-refractivity contribution in [2.75, 3.05) is 18.0 Å². The van der Waals surface area contributed by atoms with Crippen molar-refractivity contribution < 1.29 is 9.59 Å². The second-order valence-electron chi connectivity index (χ2n) is 7.05. The molecule has 0 spiro atoms. The molecule has 3 N–H and O–H groups in total. The first kappa shape index (κ1) is 17.4. The summed E-state index contributed by atoms with van der Waals surface area (Å²) in [5, 5.41) is 5.48. The molecule has 2 fully saturated rings. The Bertz CT molecular complexity index is 708. The molecule has 3 rings (SSSR count). The van der Waals surface area contributed by atoms with E-state index in [4.69, 9.17) is 0 Å². The van der Waals surface area contributed by atoms with Gasteiger partial charge in [-0.1, -0.05) is 6.92 Å². The second-order valence-corrected chi connectivity index (χ2v) is 7.05. The molecule has 136 valence electrons. The number of rotatable bonds is 4. The van der Waals surface area contributed by atoms with Crippen molar-refractivity contribution in [1.82, 2.24) is 20.6 Å². The van der Waals surface area contributed by atoms with Crippen LogP contribution in [0.25, 0.3) is 0 Å². The summed E-state index contributed by atoms with van der Waals surface area (Å²) in [4.78, 5) is 44.9. The molecular formula is C17H25N5O3. The first-order valence-corrected chi connectivity index (χ1v) is 8.88. The predicted molar refractivity (Wildman–Crippen MR) is 93.2 cm³/mol. The molecule has 2 atom stereocenters. The van der Waals surface area contributed by atoms with Crippen molar-refractivity contribution in [1.29, 1.82) is 0 Å². The molecule has 8 nitrogen and oxygen atoms in total. The molecule has 0 aromatic carbocycles. The van der Waals surface area contributed by atoms with Crippen LogP contribution in [0.2, 0.25) is 0 Å². The van der Waals surface area contributed by atoms with Gasteiger partial charge in [0.1, 0.15) is 6.04 Å². The number of piperidine rings is 1. The van der Waals surface area contributed by atoms with Crippen molar-refractivity contribution in [3.8, 4) is 0 Å². The van der Waals surface area contributed by atoms with E-state index < -0.39 is 12.1 Å². The highest BCUT2D eigenvalue weighted by molar-refractivity contribution is 5.90. The molecule has 0 bridgehead atoms. The second kappa shape index (κ2) is 7.25. The van der Waals surface area contributed by atoms with Gasteiger partial charge in [-0.15, -0.1) is 0 Å². The summed E-state index contributed by atoms with van der Waals surface area (Å²) in [7, 11) is 0. The number of aromatic nitrogens is 2. The van der Waals surface area contributed by atoms with Crippen LogP contribution in [0, 0.1) is 5.92 Å². The fourth-order valence-corrected chi connectivity index (χ4v) is 3.25. The minimum absolute atomic E-state index is 0.108. The highest BCUT2D eigenvalue weighted by Crippen LogP contribution is 2.20. The SMILES string of the molecule is CC1CCN(c2nc([C@H](C)NC(=O)[C@H]3CCC(=O)N3)cc(=O)[nH]2)CC1. The number of aromatic amines is 1. The fraction of sp³-hybridized carbons (Fsp3) is 0.647. The first-order valence-electron chi connectivity index (χ1n) is 8.88. The quantitative estimate of drug-likeness (QED) is 0.734. The number of carbonyl (C=O) groups excluding carboxylic acids is 2. The third-order valence-corrected chi connectivity index (χ3v) is 4.95. The van der Waals surface area contributed by atoms with Crippen LogP contribution < -0.4 is 21.1 Å². The summed E-state index contributed by atoms with van der Waals surface area (Å²) in [6.45, 7) is 5.74. The zero-order valence-corrected chi connectivity index (χ0v) is 14.7. The van der Waals surface area contributed by atoms with Crippen LogP contribution in [0.1, 0.15) is 51.3 Å². The highest BCUT2D eigenvalue weighted by Gasteiger charge is 2.28. The Labute approximate surface area is 146 Å². The zero-order chi connectivity index (χ0) is 18.0. The van der Waals surface area contributed by atoms with Crippen LogP contribution in [0.5, 0.6) is 0 Å². The normalized spacial score (nSPS) is 22.6. The summed E-state index contributed by atoms with van der Waals surface area (Å²) in [6.07, 6.45) is 3.01. The molecule has 2 saturated heterocycles. The van der Waals surface area contributed by atoms with Gasteiger partial charge in [0.05, 0.1) is 11.7 Å². The molecule has 2 aliphatic heterocycles. The van der Waals surface area contributed by atoms with E-state index in [1.54, 1.807) is 6.92 Å². The first-order chi connectivity index (χ1) is 11.9. The Hall–Kier alpha value is -2.38. The number of nitrogens with zero attached hydrogens (tertiary/aromatic N) is 2. The molecule has 8 heteroatoms. The topological polar surface area (TPSA) is 107 Å². The number of carbonyl (C=O) groups is 2. The fourth-order valence-electron chi connectivity index (χ4n) is 3.25. The molecule has 0 aliphatic carbocycles. The van der Waals surface area contributed by atoms with Gasteiger partial charge in [0.25, 0.3) is 5.56 Å². The van der Waals surface area contributed by atoms with Crippen LogP contribution in [-0.2, 0) is 9.59 Å². The Morgan fingerprint density at radius 2 is 2.04 bits per heavy atom. The van der Waals surface area contributed by atoms with Gasteiger partial charge in [-0.3, -0.25) is 19.4 Å². The molecule has 0 radical (unpaired) electrons. The lowest BCUT2D eigenvalue weighted by Gasteiger charge is -2.31. The van der Waals surface area contributed by atoms with E-state index in [2.05, 4.69) is 32.4 Å². The number of H-pyrrole nitrogens is 1. The number of anilines is 1. The van der Waals surface area contributed by atoms with E-state index in [0.29, 0.717) is 30.4 Å². The lowest BCUT2D eigenvalue weighted by molar-refractivity contribution is -0.126. The summed E-state index contributed by atoms with van der Waals surface area (Å²) in [5.74, 6) is 0.896. The van der Waals surface area contributed by atoms with Crippen LogP contribution in [0.4, 0.5) is 5.95 Å². The molecule has 25 heavy (non-hydrogen) atoms. The van der Waals surface area contributed by atoms with Gasteiger partial charge in [0, 0.05) is 25.6 Å². The van der Waals surface area contributed by atoms with E-state index in [9.17, 15) is 14.4 Å². The van der Waals surface area contributed by atoms with Crippen molar-refractivity contribution in [2.45, 2.75) is 51.6 Å². The van der Waals surface area contributed by atoms with Crippen molar-refractivity contribution in [3.05, 3.63) is 22.1 Å². The Kier molecular flexibility index (Phi) is 5.06. The van der Waals surface area contributed by atoms with E-state index in [-0.39, 0.29) is 17.4 Å². The number of hydrogen-bond acceptors (Lipinski definition) is 5. The number of nitrogens with one attached hydrogen (secondary N) is 3. The van der Waals surface area contributed by atoms with Gasteiger partial charge in [0.15, 0.2) is 0 Å². The molecule has 1 aromatic heterocycles. The molecule has 1 aromatic rings. The third-order valence-electron chi connectivity index (χ3n) is 4.95. The molecule has 2 amide bonds. The van der Waals surface area contributed by atoms with Crippen molar-refractivity contribution in [3.63, 3.8) is 0 Å². The monoisotopic (exact) mass is 347 g/mol. The van der Waals surface area contributed by atoms with Gasteiger partial charge >= 0.3 is 0 Å². The average Bonchev–Trinajstić information content (AvgIpc) is 3.01. The summed E-state index contributed by atoms with van der Waals surface area (Å²) < 4.78 is 0. The Morgan fingerprint density at radius 1 is 1.32 bits per heavy atom. The Balaban J connectivity index is 1.69. The minimum atomic E-state index is -0.500. The third kappa shape index (κ3) is 4.18. The standard InChI is InChI=1S/C17H25N5O3/c1-10-5-7-22(8-6-10)17-20-13(9-15(24)21-17)11(2)18-16(25)12-3-4-14(23)19-12/h9-12H,3-8H2,1-2H3,(H,18,25)(H,19,23)(H,20,21,24)/t11-,12+/m0/s1. The number of amides is 2. The highest BCUT2D eigenvalue weighted by atomic mass is 16.2. The maximum absolute atomic E-state index is 12.2. The minimum Gasteiger partial charge on any atom is -0.346 e. The van der Waals surface area contributed by atoms with Gasteiger partial charge in [-0.05, 0) is 32.1 Å². The van der Waals surface area contributed by atoms with Gasteiger partial charge in [-0.25, -0.2) is 4.98 Å². The largest absolute Gasteiger partial charge is 0.346 e. The van der Waals surface area contributed by atoms with E-state index in [0.717, 1.165) is 25.9 Å². The molecule has 2 aliphatic rings. The smallest absolute Gasteiger partial charge is 0.252 e. The summed E-state index contributed by atoms with van der Waals surface area (Å²) in [5.41, 5.74) is 0.295. The number of hydrogen-bond donors (Lipinski definition) is 3. The average molecular weight is 347 g/mol. The van der Waals surface area contributed by atoms with E-state index in [1.807, 2.05) is 0 Å². The van der Waals surface area contributed by atoms with E-state index >= 15 is 0 Å². The zero-order valence-electron chi connectivity index (χ0n) is 14.7. The van der Waals surface area contributed by atoms with Crippen LogP contribution >= 0.6 is 0 Å². The van der Waals surface area contributed by atoms with E-state index in [1.165, 1.54) is 6.07 Å². The molecule has 0 unspecified atom stereocenters. The van der Waals surface area contributed by atoms with Gasteiger partial charge < -0.3 is 15.5 Å². The molecule has 0 saturated carbocycles. The maximum atomic E-state index is 12.2. The van der Waals surface area contributed by atoms with Gasteiger partial charge in [0.2, 0.25) is 17.8 Å². The van der Waals surface area contributed by atoms with Crippen molar-refractivity contribution >= 4 is 17.8 Å². The predicted octanol–water partition coefficient (Wildman–Crippen LogP) is 0.462.